The number of aromatic nitrogens is 3. The first kappa shape index (κ1) is 29.9. The van der Waals surface area contributed by atoms with E-state index in [2.05, 4.69) is 31.6 Å². The van der Waals surface area contributed by atoms with Crippen molar-refractivity contribution in [3.05, 3.63) is 107 Å². The van der Waals surface area contributed by atoms with Crippen LogP contribution >= 0.6 is 0 Å². The fourth-order valence-corrected chi connectivity index (χ4v) is 6.06. The molecule has 0 bridgehead atoms. The number of nitrogens with zero attached hydrogens (tertiary/aromatic N) is 4. The molecule has 11 heteroatoms. The van der Waals surface area contributed by atoms with E-state index < -0.39 is 21.6 Å². The molecule has 2 aromatic carbocycles. The van der Waals surface area contributed by atoms with Gasteiger partial charge in [-0.15, -0.1) is 0 Å². The summed E-state index contributed by atoms with van der Waals surface area (Å²) in [5.41, 5.74) is 2.93. The Morgan fingerprint density at radius 2 is 1.74 bits per heavy atom. The molecule has 4 rings (SSSR count). The first-order chi connectivity index (χ1) is 20.1. The van der Waals surface area contributed by atoms with Crippen LogP contribution in [0.15, 0.2) is 88.4 Å². The third-order valence-electron chi connectivity index (χ3n) is 6.09. The fourth-order valence-electron chi connectivity index (χ4n) is 4.07. The Kier molecular flexibility index (Phi) is 9.62. The number of carboxylic acid groups (broad SMARTS) is 1. The average Bonchev–Trinajstić information content (AvgIpc) is 3.32. The van der Waals surface area contributed by atoms with Crippen molar-refractivity contribution in [3.8, 4) is 11.8 Å². The third-order valence-corrected chi connectivity index (χ3v) is 8.41. The van der Waals surface area contributed by atoms with Gasteiger partial charge in [0.05, 0.1) is 21.0 Å². The number of nitrogens with one attached hydrogen (secondary N) is 1. The molecule has 42 heavy (non-hydrogen) atoms. The van der Waals surface area contributed by atoms with Gasteiger partial charge in [-0.25, -0.2) is 4.21 Å². The third kappa shape index (κ3) is 7.99. The van der Waals surface area contributed by atoms with E-state index >= 15 is 0 Å². The number of carboxylic acids is 1. The van der Waals surface area contributed by atoms with Crippen molar-refractivity contribution in [1.29, 1.82) is 0 Å². The van der Waals surface area contributed by atoms with Crippen molar-refractivity contribution in [1.82, 2.24) is 14.8 Å². The number of hydrogen-bond acceptors (Lipinski definition) is 6. The van der Waals surface area contributed by atoms with Gasteiger partial charge in [0.15, 0.2) is 0 Å². The van der Waals surface area contributed by atoms with Crippen LogP contribution in [0.25, 0.3) is 0 Å². The Balaban J connectivity index is 1.53. The number of carbonyl (C=O) groups excluding carboxylic acids is 2. The zero-order valence-corrected chi connectivity index (χ0v) is 23.9. The van der Waals surface area contributed by atoms with Gasteiger partial charge in [0.2, 0.25) is 0 Å². The normalized spacial score (nSPS) is 12.0. The standard InChI is InChI=1S/C31H29N5O5S/c1-22-17-28(36(2)34-22)31(40)33-26-10-8-9-23(19-26)14-15-24-18-25(21-32-20-24)30(39)35-42(41,16-7-6-13-29(37)38)27-11-4-3-5-12-27/h3-5,8-12,17-21H,6-7,13,16H2,1-2H3,(H,33,40)(H,37,38)/t42-/m0/s1. The highest BCUT2D eigenvalue weighted by molar-refractivity contribution is 7.94. The highest BCUT2D eigenvalue weighted by Gasteiger charge is 2.17. The summed E-state index contributed by atoms with van der Waals surface area (Å²) in [4.78, 5) is 41.1. The Morgan fingerprint density at radius 1 is 0.976 bits per heavy atom. The number of unbranched alkanes of at least 4 members (excludes halogenated alkanes) is 1. The quantitative estimate of drug-likeness (QED) is 0.215. The fraction of sp³-hybridized carbons (Fsp3) is 0.194. The molecule has 0 fully saturated rings. The van der Waals surface area contributed by atoms with E-state index in [9.17, 15) is 18.6 Å². The molecule has 0 aliphatic rings. The summed E-state index contributed by atoms with van der Waals surface area (Å²) in [6.07, 6.45) is 3.44. The molecule has 2 aromatic heterocycles. The second-order valence-corrected chi connectivity index (χ2v) is 11.8. The van der Waals surface area contributed by atoms with Crippen LogP contribution in [-0.2, 0) is 21.6 Å². The molecule has 214 valence electrons. The predicted molar refractivity (Wildman–Crippen MR) is 159 cm³/mol. The van der Waals surface area contributed by atoms with Crippen molar-refractivity contribution in [2.24, 2.45) is 11.4 Å². The highest BCUT2D eigenvalue weighted by Crippen LogP contribution is 2.18. The van der Waals surface area contributed by atoms with Crippen LogP contribution < -0.4 is 5.32 Å². The smallest absolute Gasteiger partial charge is 0.303 e. The van der Waals surface area contributed by atoms with Crippen molar-refractivity contribution in [2.45, 2.75) is 31.1 Å². The Hall–Kier alpha value is -5.08. The number of pyridine rings is 1. The molecular formula is C31H29N5O5S. The lowest BCUT2D eigenvalue weighted by molar-refractivity contribution is -0.137. The van der Waals surface area contributed by atoms with Gasteiger partial charge in [0, 0.05) is 53.3 Å². The van der Waals surface area contributed by atoms with E-state index in [4.69, 9.17) is 5.11 Å². The molecule has 0 aliphatic heterocycles. The van der Waals surface area contributed by atoms with Gasteiger partial charge >= 0.3 is 5.97 Å². The van der Waals surface area contributed by atoms with Crippen molar-refractivity contribution in [3.63, 3.8) is 0 Å². The van der Waals surface area contributed by atoms with Gasteiger partial charge in [-0.3, -0.25) is 24.0 Å². The average molecular weight is 584 g/mol. The van der Waals surface area contributed by atoms with Gasteiger partial charge < -0.3 is 10.4 Å². The Bertz CT molecular complexity index is 1810. The summed E-state index contributed by atoms with van der Waals surface area (Å²) in [6.45, 7) is 1.81. The first-order valence-corrected chi connectivity index (χ1v) is 14.8. The number of amides is 2. The summed E-state index contributed by atoms with van der Waals surface area (Å²) in [6, 6.07) is 18.7. The van der Waals surface area contributed by atoms with Crippen molar-refractivity contribution < 1.29 is 23.7 Å². The zero-order valence-electron chi connectivity index (χ0n) is 23.1. The van der Waals surface area contributed by atoms with Crippen LogP contribution in [0.2, 0.25) is 0 Å². The maximum Gasteiger partial charge on any atom is 0.303 e. The summed E-state index contributed by atoms with van der Waals surface area (Å²) < 4.78 is 19.4. The molecule has 0 saturated carbocycles. The first-order valence-electron chi connectivity index (χ1n) is 13.1. The van der Waals surface area contributed by atoms with E-state index in [1.54, 1.807) is 67.7 Å². The topological polar surface area (TPSA) is 144 Å². The number of anilines is 1. The summed E-state index contributed by atoms with van der Waals surface area (Å²) in [5, 5.41) is 15.9. The minimum Gasteiger partial charge on any atom is -0.481 e. The molecule has 2 amide bonds. The molecule has 0 saturated heterocycles. The van der Waals surface area contributed by atoms with Crippen molar-refractivity contribution in [2.75, 3.05) is 11.1 Å². The van der Waals surface area contributed by atoms with Gasteiger partial charge in [0.25, 0.3) is 11.8 Å². The van der Waals surface area contributed by atoms with Gasteiger partial charge in [0.1, 0.15) is 5.69 Å². The lowest BCUT2D eigenvalue weighted by atomic mass is 10.1. The molecule has 0 radical (unpaired) electrons. The molecule has 0 aliphatic carbocycles. The zero-order chi connectivity index (χ0) is 30.1. The van der Waals surface area contributed by atoms with Gasteiger partial charge in [-0.1, -0.05) is 36.1 Å². The molecule has 1 atom stereocenters. The Morgan fingerprint density at radius 3 is 2.45 bits per heavy atom. The lowest BCUT2D eigenvalue weighted by Gasteiger charge is -2.10. The van der Waals surface area contributed by atoms with Crippen LogP contribution in [0.5, 0.6) is 0 Å². The van der Waals surface area contributed by atoms with Gasteiger partial charge in [-0.05, 0) is 62.2 Å². The van der Waals surface area contributed by atoms with E-state index in [-0.39, 0.29) is 23.6 Å². The molecular weight excluding hydrogens is 554 g/mol. The van der Waals surface area contributed by atoms with Crippen LogP contribution in [-0.4, -0.2) is 47.6 Å². The minimum atomic E-state index is -3.14. The number of benzene rings is 2. The van der Waals surface area contributed by atoms with Gasteiger partial charge in [-0.2, -0.15) is 9.46 Å². The number of hydrogen-bond donors (Lipinski definition) is 2. The second-order valence-electron chi connectivity index (χ2n) is 9.45. The molecule has 10 nitrogen and oxygen atoms in total. The highest BCUT2D eigenvalue weighted by atomic mass is 32.2. The number of carbonyl (C=O) groups is 3. The predicted octanol–water partition coefficient (Wildman–Crippen LogP) is 4.70. The number of aryl methyl sites for hydroxylation is 2. The minimum absolute atomic E-state index is 0.0516. The summed E-state index contributed by atoms with van der Waals surface area (Å²) >= 11 is 0. The Labute approximate surface area is 244 Å². The largest absolute Gasteiger partial charge is 0.481 e. The SMILES string of the molecule is Cc1cc(C(=O)Nc2cccc(C#Cc3cncc(C(=O)N=[S@](=O)(CCCCC(=O)O)c4ccccc4)c3)c2)n(C)n1. The molecule has 2 heterocycles. The van der Waals surface area contributed by atoms with E-state index in [0.717, 1.165) is 5.69 Å². The van der Waals surface area contributed by atoms with E-state index in [0.29, 0.717) is 40.2 Å². The monoisotopic (exact) mass is 583 g/mol. The maximum absolute atomic E-state index is 13.8. The molecule has 2 N–H and O–H groups in total. The van der Waals surface area contributed by atoms with Crippen LogP contribution in [0.3, 0.4) is 0 Å². The van der Waals surface area contributed by atoms with E-state index in [1.807, 2.05) is 6.92 Å². The molecule has 0 spiro atoms. The molecule has 4 aromatic rings. The summed E-state index contributed by atoms with van der Waals surface area (Å²) in [5.74, 6) is 4.10. The molecule has 0 unspecified atom stereocenters. The second kappa shape index (κ2) is 13.5. The summed E-state index contributed by atoms with van der Waals surface area (Å²) in [7, 11) is -1.44. The number of aliphatic carboxylic acids is 1. The van der Waals surface area contributed by atoms with E-state index in [1.165, 1.54) is 23.1 Å². The lowest BCUT2D eigenvalue weighted by Crippen LogP contribution is -2.16. The van der Waals surface area contributed by atoms with Crippen LogP contribution in [0.4, 0.5) is 5.69 Å². The van der Waals surface area contributed by atoms with Crippen LogP contribution in [0.1, 0.15) is 56.9 Å². The maximum atomic E-state index is 13.8. The van der Waals surface area contributed by atoms with Crippen LogP contribution in [0, 0.1) is 18.8 Å². The number of rotatable bonds is 9. The van der Waals surface area contributed by atoms with Crippen molar-refractivity contribution >= 4 is 33.2 Å².